The summed E-state index contributed by atoms with van der Waals surface area (Å²) in [6.45, 7) is 3.63. The number of thiophene rings is 1. The van der Waals surface area contributed by atoms with Crippen LogP contribution in [0.4, 0.5) is 0 Å². The van der Waals surface area contributed by atoms with E-state index in [0.717, 1.165) is 15.6 Å². The van der Waals surface area contributed by atoms with Crippen LogP contribution in [0, 0.1) is 5.92 Å². The van der Waals surface area contributed by atoms with Crippen LogP contribution in [0.5, 0.6) is 0 Å². The minimum absolute atomic E-state index is 0.0113. The minimum Gasteiger partial charge on any atom is -0.392 e. The molecule has 0 fully saturated rings. The standard InChI is InChI=1S/C14H18O3S2/c1-10(2)13(15)9-19(16,17)8-11-3-4-14-12(7-11)5-6-18-14/h3-7,10,13,15H,8-9H2,1-2H3. The highest BCUT2D eigenvalue weighted by Gasteiger charge is 2.20. The van der Waals surface area contributed by atoms with Crippen LogP contribution in [-0.4, -0.2) is 25.4 Å². The number of benzene rings is 1. The molecule has 0 spiro atoms. The summed E-state index contributed by atoms with van der Waals surface area (Å²) in [7, 11) is -3.28. The number of hydrogen-bond acceptors (Lipinski definition) is 4. The second-order valence-corrected chi connectivity index (χ2v) is 8.22. The highest BCUT2D eigenvalue weighted by atomic mass is 32.2. The van der Waals surface area contributed by atoms with Crippen LogP contribution in [-0.2, 0) is 15.6 Å². The van der Waals surface area contributed by atoms with Gasteiger partial charge in [0.1, 0.15) is 0 Å². The van der Waals surface area contributed by atoms with Crippen molar-refractivity contribution in [2.24, 2.45) is 5.92 Å². The summed E-state index contributed by atoms with van der Waals surface area (Å²) in [5, 5.41) is 12.8. The molecule has 1 N–H and O–H groups in total. The molecule has 5 heteroatoms. The zero-order valence-corrected chi connectivity index (χ0v) is 12.7. The van der Waals surface area contributed by atoms with Gasteiger partial charge in [0.15, 0.2) is 9.84 Å². The quantitative estimate of drug-likeness (QED) is 0.923. The molecule has 1 unspecified atom stereocenters. The van der Waals surface area contributed by atoms with E-state index < -0.39 is 15.9 Å². The highest BCUT2D eigenvalue weighted by Crippen LogP contribution is 2.23. The van der Waals surface area contributed by atoms with E-state index in [1.165, 1.54) is 0 Å². The summed E-state index contributed by atoms with van der Waals surface area (Å²) in [4.78, 5) is 0. The smallest absolute Gasteiger partial charge is 0.156 e. The number of sulfone groups is 1. The van der Waals surface area contributed by atoms with Crippen molar-refractivity contribution in [3.05, 3.63) is 35.2 Å². The molecule has 1 heterocycles. The van der Waals surface area contributed by atoms with Crippen LogP contribution in [0.25, 0.3) is 10.1 Å². The number of fused-ring (bicyclic) bond motifs is 1. The Labute approximate surface area is 117 Å². The number of aliphatic hydroxyl groups excluding tert-OH is 1. The summed E-state index contributed by atoms with van der Waals surface area (Å²) in [5.74, 6) is -0.233. The summed E-state index contributed by atoms with van der Waals surface area (Å²) in [6.07, 6.45) is -0.796. The van der Waals surface area contributed by atoms with E-state index in [0.29, 0.717) is 0 Å². The molecule has 1 aromatic heterocycles. The Hall–Kier alpha value is -0.910. The molecule has 0 bridgehead atoms. The van der Waals surface area contributed by atoms with Crippen molar-refractivity contribution < 1.29 is 13.5 Å². The van der Waals surface area contributed by atoms with Crippen molar-refractivity contribution in [2.45, 2.75) is 25.7 Å². The molecule has 1 aromatic carbocycles. The molecule has 0 radical (unpaired) electrons. The Balaban J connectivity index is 2.15. The van der Waals surface area contributed by atoms with Gasteiger partial charge >= 0.3 is 0 Å². The van der Waals surface area contributed by atoms with Gasteiger partial charge in [-0.25, -0.2) is 8.42 Å². The Morgan fingerprint density at radius 3 is 2.68 bits per heavy atom. The van der Waals surface area contributed by atoms with Crippen molar-refractivity contribution in [2.75, 3.05) is 5.75 Å². The molecule has 104 valence electrons. The number of hydrogen-bond donors (Lipinski definition) is 1. The van der Waals surface area contributed by atoms with Gasteiger partial charge in [-0.15, -0.1) is 11.3 Å². The first-order chi connectivity index (χ1) is 8.87. The molecule has 0 aliphatic carbocycles. The predicted octanol–water partition coefficient (Wildman–Crippen LogP) is 2.83. The second kappa shape index (κ2) is 5.61. The molecular weight excluding hydrogens is 280 g/mol. The lowest BCUT2D eigenvalue weighted by Gasteiger charge is -2.14. The summed E-state index contributed by atoms with van der Waals surface area (Å²) < 4.78 is 25.2. The molecule has 0 saturated heterocycles. The van der Waals surface area contributed by atoms with Crippen LogP contribution in [0.2, 0.25) is 0 Å². The van der Waals surface area contributed by atoms with Gasteiger partial charge in [-0.05, 0) is 40.4 Å². The summed E-state index contributed by atoms with van der Waals surface area (Å²) >= 11 is 1.64. The van der Waals surface area contributed by atoms with E-state index in [9.17, 15) is 13.5 Å². The molecule has 0 saturated carbocycles. The monoisotopic (exact) mass is 298 g/mol. The Bertz CT molecular complexity index is 656. The van der Waals surface area contributed by atoms with Gasteiger partial charge in [-0.3, -0.25) is 0 Å². The zero-order chi connectivity index (χ0) is 14.0. The number of aliphatic hydroxyl groups is 1. The lowest BCUT2D eigenvalue weighted by atomic mass is 10.1. The van der Waals surface area contributed by atoms with Gasteiger partial charge in [0.05, 0.1) is 17.6 Å². The normalized spacial score (nSPS) is 14.1. The molecule has 0 aliphatic heterocycles. The fraction of sp³-hybridized carbons (Fsp3) is 0.429. The van der Waals surface area contributed by atoms with Gasteiger partial charge in [0.25, 0.3) is 0 Å². The molecule has 2 rings (SSSR count). The molecular formula is C14H18O3S2. The van der Waals surface area contributed by atoms with Gasteiger partial charge in [-0.2, -0.15) is 0 Å². The van der Waals surface area contributed by atoms with Crippen LogP contribution in [0.15, 0.2) is 29.6 Å². The summed E-state index contributed by atoms with van der Waals surface area (Å²) in [5.41, 5.74) is 0.779. The van der Waals surface area contributed by atoms with Crippen LogP contribution < -0.4 is 0 Å². The SMILES string of the molecule is CC(C)C(O)CS(=O)(=O)Cc1ccc2sccc2c1. The summed E-state index contributed by atoms with van der Waals surface area (Å²) in [6, 6.07) is 7.69. The fourth-order valence-electron chi connectivity index (χ4n) is 1.87. The maximum atomic E-state index is 12.0. The average molecular weight is 298 g/mol. The molecule has 3 nitrogen and oxygen atoms in total. The molecule has 0 aliphatic rings. The van der Waals surface area contributed by atoms with E-state index in [1.807, 2.05) is 43.5 Å². The van der Waals surface area contributed by atoms with Crippen LogP contribution in [0.1, 0.15) is 19.4 Å². The Morgan fingerprint density at radius 1 is 1.26 bits per heavy atom. The average Bonchev–Trinajstić information content (AvgIpc) is 2.74. The maximum Gasteiger partial charge on any atom is 0.156 e. The third kappa shape index (κ3) is 3.78. The zero-order valence-electron chi connectivity index (χ0n) is 11.0. The predicted molar refractivity (Wildman–Crippen MR) is 80.2 cm³/mol. The Morgan fingerprint density at radius 2 is 2.00 bits per heavy atom. The first-order valence-electron chi connectivity index (χ1n) is 6.22. The fourth-order valence-corrected chi connectivity index (χ4v) is 4.35. The van der Waals surface area contributed by atoms with Crippen molar-refractivity contribution >= 4 is 31.3 Å². The lowest BCUT2D eigenvalue weighted by Crippen LogP contribution is -2.26. The van der Waals surface area contributed by atoms with E-state index >= 15 is 0 Å². The van der Waals surface area contributed by atoms with Crippen LogP contribution >= 0.6 is 11.3 Å². The van der Waals surface area contributed by atoms with Crippen molar-refractivity contribution in [3.63, 3.8) is 0 Å². The molecule has 1 atom stereocenters. The van der Waals surface area contributed by atoms with Crippen molar-refractivity contribution in [1.29, 1.82) is 0 Å². The Kier molecular flexibility index (Phi) is 4.28. The number of rotatable bonds is 5. The van der Waals surface area contributed by atoms with Gasteiger partial charge in [0.2, 0.25) is 0 Å². The van der Waals surface area contributed by atoms with Crippen molar-refractivity contribution in [1.82, 2.24) is 0 Å². The topological polar surface area (TPSA) is 54.4 Å². The highest BCUT2D eigenvalue weighted by molar-refractivity contribution is 7.90. The third-order valence-electron chi connectivity index (χ3n) is 3.10. The van der Waals surface area contributed by atoms with Gasteiger partial charge in [0, 0.05) is 4.70 Å². The van der Waals surface area contributed by atoms with E-state index in [2.05, 4.69) is 0 Å². The molecule has 19 heavy (non-hydrogen) atoms. The molecule has 0 amide bonds. The van der Waals surface area contributed by atoms with Gasteiger partial charge in [-0.1, -0.05) is 19.9 Å². The second-order valence-electron chi connectivity index (χ2n) is 5.16. The maximum absolute atomic E-state index is 12.0. The lowest BCUT2D eigenvalue weighted by molar-refractivity contribution is 0.147. The largest absolute Gasteiger partial charge is 0.392 e. The minimum atomic E-state index is -3.28. The van der Waals surface area contributed by atoms with E-state index in [1.54, 1.807) is 11.3 Å². The van der Waals surface area contributed by atoms with Crippen molar-refractivity contribution in [3.8, 4) is 0 Å². The van der Waals surface area contributed by atoms with Gasteiger partial charge < -0.3 is 5.11 Å². The first kappa shape index (κ1) is 14.5. The van der Waals surface area contributed by atoms with E-state index in [4.69, 9.17) is 0 Å². The van der Waals surface area contributed by atoms with E-state index in [-0.39, 0.29) is 17.4 Å². The van der Waals surface area contributed by atoms with Crippen LogP contribution in [0.3, 0.4) is 0 Å². The third-order valence-corrected chi connectivity index (χ3v) is 5.62. The first-order valence-corrected chi connectivity index (χ1v) is 8.92. The molecule has 2 aromatic rings.